The lowest BCUT2D eigenvalue weighted by Crippen LogP contribution is -2.30. The molecular weight excluding hydrogens is 230 g/mol. The molecule has 1 aliphatic carbocycles. The third-order valence-electron chi connectivity index (χ3n) is 3.70. The van der Waals surface area contributed by atoms with E-state index in [1.807, 2.05) is 11.8 Å². The van der Waals surface area contributed by atoms with E-state index in [1.165, 1.54) is 24.8 Å². The Bertz CT molecular complexity index is 297. The molecule has 0 saturated heterocycles. The summed E-state index contributed by atoms with van der Waals surface area (Å²) in [6, 6.07) is 0. The lowest BCUT2D eigenvalue weighted by atomic mass is 9.82. The van der Waals surface area contributed by atoms with Crippen LogP contribution in [0.3, 0.4) is 0 Å². The zero-order chi connectivity index (χ0) is 12.9. The van der Waals surface area contributed by atoms with Crippen molar-refractivity contribution in [3.8, 4) is 0 Å². The third-order valence-corrected chi connectivity index (χ3v) is 5.19. The molecule has 1 rings (SSSR count). The second kappa shape index (κ2) is 6.48. The van der Waals surface area contributed by atoms with Crippen LogP contribution < -0.4 is 5.32 Å². The van der Waals surface area contributed by atoms with Gasteiger partial charge in [0.2, 0.25) is 5.91 Å². The van der Waals surface area contributed by atoms with E-state index in [-0.39, 0.29) is 10.7 Å². The minimum Gasteiger partial charge on any atom is -0.359 e. The van der Waals surface area contributed by atoms with Crippen LogP contribution in [-0.4, -0.2) is 23.5 Å². The molecule has 1 amide bonds. The summed E-state index contributed by atoms with van der Waals surface area (Å²) in [4.78, 5) is 11.2. The molecule has 2 nitrogen and oxygen atoms in total. The van der Waals surface area contributed by atoms with Gasteiger partial charge in [0.15, 0.2) is 0 Å². The molecule has 0 radical (unpaired) electrons. The quantitative estimate of drug-likeness (QED) is 0.763. The molecule has 0 saturated carbocycles. The van der Waals surface area contributed by atoms with Crippen LogP contribution in [0, 0.1) is 5.92 Å². The molecular formula is C14H25NOS. The predicted molar refractivity (Wildman–Crippen MR) is 76.3 cm³/mol. The minimum absolute atomic E-state index is 0.146. The van der Waals surface area contributed by atoms with Crippen molar-refractivity contribution in [2.75, 3.05) is 12.8 Å². The topological polar surface area (TPSA) is 29.1 Å². The van der Waals surface area contributed by atoms with Gasteiger partial charge in [-0.1, -0.05) is 25.5 Å². The van der Waals surface area contributed by atoms with Crippen LogP contribution >= 0.6 is 11.8 Å². The lowest BCUT2D eigenvalue weighted by molar-refractivity contribution is -0.120. The Morgan fingerprint density at radius 1 is 1.59 bits per heavy atom. The summed E-state index contributed by atoms with van der Waals surface area (Å²) in [5.74, 6) is 1.82. The fourth-order valence-corrected chi connectivity index (χ4v) is 3.51. The highest BCUT2D eigenvalue weighted by Crippen LogP contribution is 2.40. The molecule has 0 heterocycles. The molecule has 0 aromatic rings. The van der Waals surface area contributed by atoms with Gasteiger partial charge in [0.05, 0.1) is 0 Å². The largest absolute Gasteiger partial charge is 0.359 e. The van der Waals surface area contributed by atoms with Crippen molar-refractivity contribution >= 4 is 17.7 Å². The van der Waals surface area contributed by atoms with Gasteiger partial charge in [-0.05, 0) is 32.1 Å². The number of allylic oxidation sites excluding steroid dienone is 2. The number of hydrogen-bond acceptors (Lipinski definition) is 2. The number of nitrogens with one attached hydrogen (secondary N) is 1. The number of amides is 1. The number of carbonyl (C=O) groups excluding carboxylic acids is 1. The molecule has 98 valence electrons. The van der Waals surface area contributed by atoms with Crippen LogP contribution in [0.4, 0.5) is 0 Å². The Kier molecular flexibility index (Phi) is 5.57. The van der Waals surface area contributed by atoms with Gasteiger partial charge in [0.1, 0.15) is 0 Å². The molecule has 0 spiro atoms. The summed E-state index contributed by atoms with van der Waals surface area (Å²) in [6.45, 7) is 6.86. The van der Waals surface area contributed by atoms with Crippen molar-refractivity contribution in [3.05, 3.63) is 11.6 Å². The predicted octanol–water partition coefficient (Wildman–Crippen LogP) is 3.38. The van der Waals surface area contributed by atoms with Crippen LogP contribution in [0.25, 0.3) is 0 Å². The standard InChI is InChI=1S/C14H25NOS/c1-11-5-7-12(8-6-11)14(2,3)17-10-9-13(16)15-4/h5,12H,6-10H2,1-4H3,(H,15,16). The summed E-state index contributed by atoms with van der Waals surface area (Å²) in [5, 5.41) is 2.67. The van der Waals surface area contributed by atoms with E-state index >= 15 is 0 Å². The van der Waals surface area contributed by atoms with Gasteiger partial charge in [0.25, 0.3) is 0 Å². The molecule has 1 N–H and O–H groups in total. The highest BCUT2D eigenvalue weighted by atomic mass is 32.2. The smallest absolute Gasteiger partial charge is 0.220 e. The average molecular weight is 255 g/mol. The first-order valence-corrected chi connectivity index (χ1v) is 7.44. The molecule has 0 aromatic carbocycles. The van der Waals surface area contributed by atoms with Crippen molar-refractivity contribution in [2.24, 2.45) is 5.92 Å². The van der Waals surface area contributed by atoms with Crippen molar-refractivity contribution < 1.29 is 4.79 Å². The lowest BCUT2D eigenvalue weighted by Gasteiger charge is -2.35. The molecule has 0 fully saturated rings. The van der Waals surface area contributed by atoms with Gasteiger partial charge in [-0.25, -0.2) is 0 Å². The van der Waals surface area contributed by atoms with E-state index in [9.17, 15) is 4.79 Å². The van der Waals surface area contributed by atoms with E-state index in [0.29, 0.717) is 6.42 Å². The Morgan fingerprint density at radius 2 is 2.29 bits per heavy atom. The summed E-state index contributed by atoms with van der Waals surface area (Å²) in [6.07, 6.45) is 6.75. The minimum atomic E-state index is 0.146. The third kappa shape index (κ3) is 4.74. The van der Waals surface area contributed by atoms with Crippen molar-refractivity contribution in [1.29, 1.82) is 0 Å². The van der Waals surface area contributed by atoms with Gasteiger partial charge in [-0.2, -0.15) is 11.8 Å². The molecule has 17 heavy (non-hydrogen) atoms. The average Bonchev–Trinajstić information content (AvgIpc) is 2.29. The first-order chi connectivity index (χ1) is 7.95. The van der Waals surface area contributed by atoms with Gasteiger partial charge in [-0.3, -0.25) is 4.79 Å². The summed E-state index contributed by atoms with van der Waals surface area (Å²) < 4.78 is 0.283. The number of rotatable bonds is 5. The normalized spacial score (nSPS) is 20.9. The monoisotopic (exact) mass is 255 g/mol. The van der Waals surface area contributed by atoms with Crippen LogP contribution in [0.5, 0.6) is 0 Å². The fourth-order valence-electron chi connectivity index (χ4n) is 2.25. The molecule has 3 heteroatoms. The zero-order valence-electron chi connectivity index (χ0n) is 11.5. The van der Waals surface area contributed by atoms with E-state index in [0.717, 1.165) is 11.7 Å². The van der Waals surface area contributed by atoms with Gasteiger partial charge in [-0.15, -0.1) is 0 Å². The molecule has 1 atom stereocenters. The van der Waals surface area contributed by atoms with E-state index in [4.69, 9.17) is 0 Å². The van der Waals surface area contributed by atoms with Crippen LogP contribution in [0.15, 0.2) is 11.6 Å². The number of carbonyl (C=O) groups is 1. The van der Waals surface area contributed by atoms with Gasteiger partial charge < -0.3 is 5.32 Å². The summed E-state index contributed by atoms with van der Waals surface area (Å²) >= 11 is 1.94. The number of thioether (sulfide) groups is 1. The van der Waals surface area contributed by atoms with E-state index in [2.05, 4.69) is 32.2 Å². The van der Waals surface area contributed by atoms with Crippen LogP contribution in [0.1, 0.15) is 46.5 Å². The van der Waals surface area contributed by atoms with Gasteiger partial charge in [0, 0.05) is 24.0 Å². The van der Waals surface area contributed by atoms with Crippen molar-refractivity contribution in [3.63, 3.8) is 0 Å². The first-order valence-electron chi connectivity index (χ1n) is 6.46. The first kappa shape index (κ1) is 14.6. The summed E-state index contributed by atoms with van der Waals surface area (Å²) in [7, 11) is 1.70. The molecule has 0 aliphatic heterocycles. The maximum absolute atomic E-state index is 11.2. The summed E-state index contributed by atoms with van der Waals surface area (Å²) in [5.41, 5.74) is 1.53. The molecule has 0 bridgehead atoms. The fraction of sp³-hybridized carbons (Fsp3) is 0.786. The second-order valence-corrected chi connectivity index (χ2v) is 7.15. The zero-order valence-corrected chi connectivity index (χ0v) is 12.3. The highest BCUT2D eigenvalue weighted by molar-refractivity contribution is 8.00. The van der Waals surface area contributed by atoms with Crippen molar-refractivity contribution in [2.45, 2.75) is 51.2 Å². The maximum atomic E-state index is 11.2. The maximum Gasteiger partial charge on any atom is 0.220 e. The number of hydrogen-bond donors (Lipinski definition) is 1. The van der Waals surface area contributed by atoms with E-state index < -0.39 is 0 Å². The Hall–Kier alpha value is -0.440. The molecule has 1 unspecified atom stereocenters. The SMILES string of the molecule is CNC(=O)CCSC(C)(C)C1CC=C(C)CC1. The van der Waals surface area contributed by atoms with Gasteiger partial charge >= 0.3 is 0 Å². The Labute approximate surface area is 110 Å². The molecule has 1 aliphatic rings. The highest BCUT2D eigenvalue weighted by Gasteiger charge is 2.30. The second-order valence-electron chi connectivity index (χ2n) is 5.40. The van der Waals surface area contributed by atoms with Crippen molar-refractivity contribution in [1.82, 2.24) is 5.32 Å². The van der Waals surface area contributed by atoms with E-state index in [1.54, 1.807) is 7.05 Å². The van der Waals surface area contributed by atoms with Crippen LogP contribution in [-0.2, 0) is 4.79 Å². The Balaban J connectivity index is 2.37. The molecule has 0 aromatic heterocycles. The van der Waals surface area contributed by atoms with Crippen LogP contribution in [0.2, 0.25) is 0 Å². The Morgan fingerprint density at radius 3 is 2.82 bits per heavy atom.